The summed E-state index contributed by atoms with van der Waals surface area (Å²) in [6.45, 7) is 5.24. The van der Waals surface area contributed by atoms with Gasteiger partial charge in [0.25, 0.3) is 0 Å². The Kier molecular flexibility index (Phi) is 9.93. The van der Waals surface area contributed by atoms with Gasteiger partial charge >= 0.3 is 0 Å². The lowest BCUT2D eigenvalue weighted by molar-refractivity contribution is -0.139. The molecule has 7 nitrogen and oxygen atoms in total. The zero-order valence-corrected chi connectivity index (χ0v) is 23.1. The van der Waals surface area contributed by atoms with Crippen molar-refractivity contribution in [3.05, 3.63) is 63.0 Å². The second-order valence-electron chi connectivity index (χ2n) is 7.89. The minimum Gasteiger partial charge on any atom is -0.352 e. The number of anilines is 1. The van der Waals surface area contributed by atoms with E-state index in [1.807, 2.05) is 38.1 Å². The Morgan fingerprint density at radius 3 is 2.21 bits per heavy atom. The van der Waals surface area contributed by atoms with E-state index in [0.29, 0.717) is 5.69 Å². The van der Waals surface area contributed by atoms with Gasteiger partial charge in [0.2, 0.25) is 21.8 Å². The van der Waals surface area contributed by atoms with Gasteiger partial charge in [0.1, 0.15) is 12.6 Å². The summed E-state index contributed by atoms with van der Waals surface area (Å²) in [5, 5.41) is 2.90. The molecule has 2 aromatic carbocycles. The van der Waals surface area contributed by atoms with Crippen molar-refractivity contribution in [2.75, 3.05) is 17.1 Å². The van der Waals surface area contributed by atoms with Gasteiger partial charge in [-0.2, -0.15) is 0 Å². The highest BCUT2D eigenvalue weighted by atomic mass is 79.9. The molecule has 0 saturated heterocycles. The largest absolute Gasteiger partial charge is 0.352 e. The highest BCUT2D eigenvalue weighted by Crippen LogP contribution is 2.22. The van der Waals surface area contributed by atoms with Crippen LogP contribution in [0.4, 0.5) is 5.69 Å². The SMILES string of the molecule is CC[C@H](C)NC(=O)[C@@H](C)N(Cc1cccc(Br)c1)C(=O)CN(c1ccc(Br)cc1)S(C)(=O)=O. The molecule has 2 rings (SSSR count). The van der Waals surface area contributed by atoms with Crippen LogP contribution in [0.25, 0.3) is 0 Å². The summed E-state index contributed by atoms with van der Waals surface area (Å²) in [5.41, 5.74) is 1.18. The van der Waals surface area contributed by atoms with Crippen LogP contribution in [0.2, 0.25) is 0 Å². The number of nitrogens with zero attached hydrogens (tertiary/aromatic N) is 2. The number of amides is 2. The van der Waals surface area contributed by atoms with Crippen LogP contribution in [0.15, 0.2) is 57.5 Å². The summed E-state index contributed by atoms with van der Waals surface area (Å²) in [6, 6.07) is 13.3. The molecule has 33 heavy (non-hydrogen) atoms. The van der Waals surface area contributed by atoms with Crippen LogP contribution in [0.3, 0.4) is 0 Å². The van der Waals surface area contributed by atoms with Gasteiger partial charge in [-0.05, 0) is 62.2 Å². The first kappa shape index (κ1) is 27.3. The Balaban J connectivity index is 2.37. The predicted octanol–water partition coefficient (Wildman–Crippen LogP) is 4.31. The summed E-state index contributed by atoms with van der Waals surface area (Å²) >= 11 is 6.76. The first-order chi connectivity index (χ1) is 15.4. The lowest BCUT2D eigenvalue weighted by atomic mass is 10.1. The smallest absolute Gasteiger partial charge is 0.244 e. The summed E-state index contributed by atoms with van der Waals surface area (Å²) in [5.74, 6) is -0.766. The van der Waals surface area contributed by atoms with E-state index < -0.39 is 28.5 Å². The Hall–Kier alpha value is -1.91. The molecule has 180 valence electrons. The highest BCUT2D eigenvalue weighted by molar-refractivity contribution is 9.10. The number of nitrogens with one attached hydrogen (secondary N) is 1. The fourth-order valence-electron chi connectivity index (χ4n) is 3.10. The second-order valence-corrected chi connectivity index (χ2v) is 11.6. The van der Waals surface area contributed by atoms with E-state index in [1.54, 1.807) is 31.2 Å². The van der Waals surface area contributed by atoms with Gasteiger partial charge in [0.05, 0.1) is 11.9 Å². The Morgan fingerprint density at radius 1 is 1.03 bits per heavy atom. The molecule has 0 aromatic heterocycles. The van der Waals surface area contributed by atoms with E-state index in [1.165, 1.54) is 4.90 Å². The van der Waals surface area contributed by atoms with Crippen molar-refractivity contribution in [1.29, 1.82) is 0 Å². The second kappa shape index (κ2) is 12.0. The fourth-order valence-corrected chi connectivity index (χ4v) is 4.66. The minimum atomic E-state index is -3.75. The Morgan fingerprint density at radius 2 is 1.67 bits per heavy atom. The van der Waals surface area contributed by atoms with Crippen LogP contribution in [0.1, 0.15) is 32.8 Å². The molecule has 0 unspecified atom stereocenters. The van der Waals surface area contributed by atoms with Crippen LogP contribution < -0.4 is 9.62 Å². The van der Waals surface area contributed by atoms with Gasteiger partial charge in [-0.15, -0.1) is 0 Å². The molecule has 0 bridgehead atoms. The molecule has 10 heteroatoms. The van der Waals surface area contributed by atoms with Gasteiger partial charge in [0, 0.05) is 21.5 Å². The van der Waals surface area contributed by atoms with Gasteiger partial charge in [0.15, 0.2) is 0 Å². The Labute approximate surface area is 212 Å². The van der Waals surface area contributed by atoms with Crippen molar-refractivity contribution in [2.24, 2.45) is 0 Å². The standard InChI is InChI=1S/C23H29Br2N3O4S/c1-5-16(2)26-23(30)17(3)27(14-18-7-6-8-20(25)13-18)22(29)15-28(33(4,31)32)21-11-9-19(24)10-12-21/h6-13,16-17H,5,14-15H2,1-4H3,(H,26,30)/t16-,17+/m0/s1. The molecule has 0 fully saturated rings. The van der Waals surface area contributed by atoms with Crippen LogP contribution in [-0.4, -0.2) is 50.0 Å². The summed E-state index contributed by atoms with van der Waals surface area (Å²) in [4.78, 5) is 27.7. The fraction of sp³-hybridized carbons (Fsp3) is 0.391. The van der Waals surface area contributed by atoms with Gasteiger partial charge < -0.3 is 10.2 Å². The quantitative estimate of drug-likeness (QED) is 0.439. The monoisotopic (exact) mass is 601 g/mol. The average Bonchev–Trinajstić information content (AvgIpc) is 2.75. The van der Waals surface area contributed by atoms with Crippen molar-refractivity contribution in [3.63, 3.8) is 0 Å². The minimum absolute atomic E-state index is 0.0435. The number of hydrogen-bond donors (Lipinski definition) is 1. The van der Waals surface area contributed by atoms with E-state index in [-0.39, 0.29) is 18.5 Å². The van der Waals surface area contributed by atoms with Crippen molar-refractivity contribution < 1.29 is 18.0 Å². The maximum atomic E-state index is 13.4. The van der Waals surface area contributed by atoms with Crippen LogP contribution >= 0.6 is 31.9 Å². The molecule has 0 aliphatic rings. The summed E-state index contributed by atoms with van der Waals surface area (Å²) in [6.07, 6.45) is 1.81. The zero-order valence-electron chi connectivity index (χ0n) is 19.1. The van der Waals surface area contributed by atoms with Gasteiger partial charge in [-0.3, -0.25) is 13.9 Å². The maximum Gasteiger partial charge on any atom is 0.244 e. The maximum absolute atomic E-state index is 13.4. The molecular weight excluding hydrogens is 574 g/mol. The zero-order chi connectivity index (χ0) is 24.8. The third-order valence-corrected chi connectivity index (χ3v) is 7.37. The first-order valence-corrected chi connectivity index (χ1v) is 13.9. The number of rotatable bonds is 10. The molecule has 0 aliphatic heterocycles. The summed E-state index contributed by atoms with van der Waals surface area (Å²) in [7, 11) is -3.75. The van der Waals surface area contributed by atoms with E-state index in [4.69, 9.17) is 0 Å². The van der Waals surface area contributed by atoms with E-state index in [9.17, 15) is 18.0 Å². The molecular formula is C23H29Br2N3O4S. The predicted molar refractivity (Wildman–Crippen MR) is 138 cm³/mol. The van der Waals surface area contributed by atoms with Crippen LogP contribution in [-0.2, 0) is 26.2 Å². The normalized spacial score (nSPS) is 13.2. The van der Waals surface area contributed by atoms with E-state index >= 15 is 0 Å². The molecule has 0 spiro atoms. The van der Waals surface area contributed by atoms with Crippen molar-refractivity contribution >= 4 is 59.4 Å². The molecule has 2 atom stereocenters. The number of benzene rings is 2. The Bertz CT molecular complexity index is 1080. The number of hydrogen-bond acceptors (Lipinski definition) is 4. The lowest BCUT2D eigenvalue weighted by Gasteiger charge is -2.32. The average molecular weight is 603 g/mol. The van der Waals surface area contributed by atoms with Gasteiger partial charge in [-0.1, -0.05) is 50.9 Å². The van der Waals surface area contributed by atoms with Gasteiger partial charge in [-0.25, -0.2) is 8.42 Å². The lowest BCUT2D eigenvalue weighted by Crippen LogP contribution is -2.52. The number of carbonyl (C=O) groups excluding carboxylic acids is 2. The van der Waals surface area contributed by atoms with Crippen LogP contribution in [0.5, 0.6) is 0 Å². The number of halogens is 2. The first-order valence-electron chi connectivity index (χ1n) is 10.5. The van der Waals surface area contributed by atoms with E-state index in [0.717, 1.165) is 31.5 Å². The number of sulfonamides is 1. The topological polar surface area (TPSA) is 86.8 Å². The third kappa shape index (κ3) is 8.12. The van der Waals surface area contributed by atoms with Crippen molar-refractivity contribution in [3.8, 4) is 0 Å². The third-order valence-electron chi connectivity index (χ3n) is 5.20. The highest BCUT2D eigenvalue weighted by Gasteiger charge is 2.30. The molecule has 0 aliphatic carbocycles. The van der Waals surface area contributed by atoms with Crippen molar-refractivity contribution in [1.82, 2.24) is 10.2 Å². The van der Waals surface area contributed by atoms with E-state index in [2.05, 4.69) is 37.2 Å². The molecule has 2 amide bonds. The molecule has 1 N–H and O–H groups in total. The molecule has 0 heterocycles. The molecule has 0 saturated carbocycles. The summed E-state index contributed by atoms with van der Waals surface area (Å²) < 4.78 is 27.7. The molecule has 2 aromatic rings. The molecule has 0 radical (unpaired) electrons. The van der Waals surface area contributed by atoms with Crippen molar-refractivity contribution in [2.45, 2.75) is 45.8 Å². The number of carbonyl (C=O) groups is 2. The van der Waals surface area contributed by atoms with Crippen LogP contribution in [0, 0.1) is 0 Å².